The van der Waals surface area contributed by atoms with Crippen LogP contribution >= 0.6 is 0 Å². The van der Waals surface area contributed by atoms with Gasteiger partial charge in [0.05, 0.1) is 0 Å². The summed E-state index contributed by atoms with van der Waals surface area (Å²) in [7, 11) is 0. The zero-order valence-corrected chi connectivity index (χ0v) is 20.6. The minimum absolute atomic E-state index is 0. The van der Waals surface area contributed by atoms with Gasteiger partial charge in [0.2, 0.25) is 0 Å². The molecular weight excluding hydrogens is 398 g/mol. The molecule has 0 aromatic rings. The Balaban J connectivity index is 0.00000264. The normalized spacial score (nSPS) is 29.5. The average molecular weight is 431 g/mol. The zero-order valence-electron chi connectivity index (χ0n) is 17.0. The first-order valence-corrected chi connectivity index (χ1v) is 18.2. The first-order valence-electron chi connectivity index (χ1n) is 8.60. The van der Waals surface area contributed by atoms with E-state index in [1.807, 2.05) is 0 Å². The van der Waals surface area contributed by atoms with Crippen molar-refractivity contribution in [2.45, 2.75) is 74.7 Å². The summed E-state index contributed by atoms with van der Waals surface area (Å²) in [6.07, 6.45) is 5.32. The van der Waals surface area contributed by atoms with Crippen LogP contribution in [0.15, 0.2) is 45.6 Å². The summed E-state index contributed by atoms with van der Waals surface area (Å²) in [6, 6.07) is 0. The van der Waals surface area contributed by atoms with Crippen LogP contribution in [-0.4, -0.2) is 5.92 Å². The molecule has 2 aliphatic rings. The van der Waals surface area contributed by atoms with E-state index in [1.165, 1.54) is 11.1 Å². The number of hydrogen-bond acceptors (Lipinski definition) is 0. The molecule has 0 saturated carbocycles. The Morgan fingerprint density at radius 2 is 1.00 bits per heavy atom. The zero-order chi connectivity index (χ0) is 17.0. The van der Waals surface area contributed by atoms with Gasteiger partial charge in [0.1, 0.15) is 0 Å². The Labute approximate surface area is 156 Å². The molecule has 0 heterocycles. The van der Waals surface area contributed by atoms with Crippen LogP contribution in [0, 0.1) is 0 Å². The summed E-state index contributed by atoms with van der Waals surface area (Å²) in [5.74, 6) is -0.673. The molecule has 2 unspecified atom stereocenters. The van der Waals surface area contributed by atoms with Gasteiger partial charge in [-0.15, -0.1) is 0 Å². The molecule has 0 amide bonds. The molecule has 0 fully saturated rings. The van der Waals surface area contributed by atoms with Gasteiger partial charge in [-0.25, -0.2) is 0 Å². The van der Waals surface area contributed by atoms with E-state index in [2.05, 4.69) is 80.6 Å². The van der Waals surface area contributed by atoms with E-state index in [0.717, 1.165) is 0 Å². The molecule has 135 valence electrons. The van der Waals surface area contributed by atoms with E-state index in [1.54, 1.807) is 22.3 Å². The molecule has 0 aromatic carbocycles. The maximum Gasteiger partial charge on any atom is -1.00 e. The molecule has 0 spiro atoms. The van der Waals surface area contributed by atoms with Crippen LogP contribution < -0.4 is 9.41 Å². The van der Waals surface area contributed by atoms with Gasteiger partial charge < -0.3 is 9.41 Å². The third kappa shape index (κ3) is 3.30. The summed E-state index contributed by atoms with van der Waals surface area (Å²) in [4.78, 5) is 0. The van der Waals surface area contributed by atoms with Crippen LogP contribution in [0.1, 0.15) is 55.4 Å². The molecule has 2 rings (SSSR count). The summed E-state index contributed by atoms with van der Waals surface area (Å²) >= 11 is -1.77. The predicted octanol–water partition coefficient (Wildman–Crippen LogP) is 0.546. The van der Waals surface area contributed by atoms with E-state index < -0.39 is 26.8 Å². The van der Waals surface area contributed by atoms with Crippen molar-refractivity contribution in [2.75, 3.05) is 0 Å². The Morgan fingerprint density at radius 3 is 1.17 bits per heavy atom. The van der Waals surface area contributed by atoms with Crippen molar-refractivity contribution in [1.29, 1.82) is 0 Å². The fourth-order valence-corrected chi connectivity index (χ4v) is 36.0. The maximum absolute atomic E-state index is 2.66. The van der Waals surface area contributed by atoms with Crippen LogP contribution in [0.4, 0.5) is 0 Å². The SMILES string of the molecule is CC1=C[C](C)([Zr+2]([SiH](C)C)[C]2(C)C=C(C)C(C)=C2C)C(C)=C1C.[F-].[F-]. The molecule has 0 aromatic heterocycles. The third-order valence-corrected chi connectivity index (χ3v) is 31.4. The van der Waals surface area contributed by atoms with E-state index in [4.69, 9.17) is 0 Å². The third-order valence-electron chi connectivity index (χ3n) is 6.57. The fourth-order valence-electron chi connectivity index (χ4n) is 4.97. The van der Waals surface area contributed by atoms with Gasteiger partial charge in [-0.3, -0.25) is 0 Å². The Hall–Kier alpha value is -0.0800. The fraction of sp³-hybridized carbons (Fsp3) is 0.600. The second kappa shape index (κ2) is 7.66. The van der Waals surface area contributed by atoms with Crippen molar-refractivity contribution in [3.05, 3.63) is 45.6 Å². The van der Waals surface area contributed by atoms with Crippen LogP contribution in [0.25, 0.3) is 0 Å². The van der Waals surface area contributed by atoms with Gasteiger partial charge in [-0.1, -0.05) is 0 Å². The smallest absolute Gasteiger partial charge is 1.00 e. The molecule has 2 atom stereocenters. The molecule has 0 radical (unpaired) electrons. The topological polar surface area (TPSA) is 0 Å². The van der Waals surface area contributed by atoms with Gasteiger partial charge in [-0.05, 0) is 0 Å². The van der Waals surface area contributed by atoms with Crippen LogP contribution in [0.3, 0.4) is 0 Å². The van der Waals surface area contributed by atoms with Gasteiger partial charge in [0.15, 0.2) is 0 Å². The molecule has 0 nitrogen and oxygen atoms in total. The Morgan fingerprint density at radius 1 is 0.708 bits per heavy atom. The Kier molecular flexibility index (Phi) is 7.63. The van der Waals surface area contributed by atoms with E-state index in [9.17, 15) is 0 Å². The standard InChI is InChI=1S/2C9H13.C2H7Si.2FH.Zr/c2*1-6-5-7(2)9(4)8(6)3;1-3-2;;;/h2*5H,1-4H3;3H,1-2H3;2*1H;/q;;;;;+2/p-2. The quantitative estimate of drug-likeness (QED) is 0.574. The summed E-state index contributed by atoms with van der Waals surface area (Å²) < 4.78 is 0.822. The average Bonchev–Trinajstić information content (AvgIpc) is 2.71. The number of allylic oxidation sites excluding steroid dienone is 8. The first kappa shape index (κ1) is 23.9. The van der Waals surface area contributed by atoms with Crippen LogP contribution in [-0.2, 0) is 20.9 Å². The van der Waals surface area contributed by atoms with Crippen molar-refractivity contribution < 1.29 is 30.3 Å². The molecule has 0 saturated heterocycles. The number of halogens is 2. The summed E-state index contributed by atoms with van der Waals surface area (Å²) in [5, 5.41) is 0. The summed E-state index contributed by atoms with van der Waals surface area (Å²) in [6.45, 7) is 24.6. The monoisotopic (exact) mass is 429 g/mol. The molecule has 24 heavy (non-hydrogen) atoms. The van der Waals surface area contributed by atoms with Crippen molar-refractivity contribution >= 4 is 5.92 Å². The largest absolute Gasteiger partial charge is 1.00 e. The molecule has 0 aliphatic heterocycles. The second-order valence-electron chi connectivity index (χ2n) is 8.13. The van der Waals surface area contributed by atoms with Gasteiger partial charge >= 0.3 is 147 Å². The molecule has 4 heteroatoms. The van der Waals surface area contributed by atoms with Gasteiger partial charge in [-0.2, -0.15) is 0 Å². The number of hydrogen-bond donors (Lipinski definition) is 0. The van der Waals surface area contributed by atoms with Crippen molar-refractivity contribution in [3.8, 4) is 0 Å². The van der Waals surface area contributed by atoms with Crippen LogP contribution in [0.5, 0.6) is 0 Å². The van der Waals surface area contributed by atoms with Crippen LogP contribution in [0.2, 0.25) is 19.3 Å². The first-order chi connectivity index (χ1) is 9.96. The summed E-state index contributed by atoms with van der Waals surface area (Å²) in [5.41, 5.74) is 9.57. The van der Waals surface area contributed by atoms with E-state index in [0.29, 0.717) is 6.25 Å². The maximum atomic E-state index is 2.66. The van der Waals surface area contributed by atoms with Crippen molar-refractivity contribution in [2.24, 2.45) is 0 Å². The van der Waals surface area contributed by atoms with E-state index in [-0.39, 0.29) is 9.41 Å². The van der Waals surface area contributed by atoms with Crippen molar-refractivity contribution in [1.82, 2.24) is 0 Å². The molecule has 0 N–H and O–H groups in total. The molecule has 2 aliphatic carbocycles. The van der Waals surface area contributed by atoms with Gasteiger partial charge in [0, 0.05) is 0 Å². The predicted molar refractivity (Wildman–Crippen MR) is 99.9 cm³/mol. The minimum Gasteiger partial charge on any atom is -1.00 e. The van der Waals surface area contributed by atoms with Crippen molar-refractivity contribution in [3.63, 3.8) is 0 Å². The molecular formula is C20H33F2SiZr. The second-order valence-corrected chi connectivity index (χ2v) is 29.5. The van der Waals surface area contributed by atoms with E-state index >= 15 is 0 Å². The number of rotatable bonds is 3. The van der Waals surface area contributed by atoms with Gasteiger partial charge in [0.25, 0.3) is 0 Å². The molecule has 0 bridgehead atoms. The Bertz CT molecular complexity index is 590. The minimum atomic E-state index is -1.77.